The Morgan fingerprint density at radius 3 is 2.20 bits per heavy atom. The molecule has 3 rings (SSSR count). The van der Waals surface area contributed by atoms with E-state index in [9.17, 15) is 18.0 Å². The van der Waals surface area contributed by atoms with Crippen LogP contribution in [-0.4, -0.2) is 62.8 Å². The minimum Gasteiger partial charge on any atom is -0.469 e. The number of ether oxygens (including phenoxy) is 1. The summed E-state index contributed by atoms with van der Waals surface area (Å²) in [5, 5.41) is 0.780. The molecule has 2 heterocycles. The highest BCUT2D eigenvalue weighted by molar-refractivity contribution is 7.88. The van der Waals surface area contributed by atoms with Crippen LogP contribution < -0.4 is 0 Å². The molecule has 166 valence electrons. The summed E-state index contributed by atoms with van der Waals surface area (Å²) in [6.07, 6.45) is 2.19. The van der Waals surface area contributed by atoms with Crippen LogP contribution in [0.1, 0.15) is 31.2 Å². The zero-order chi connectivity index (χ0) is 21.9. The van der Waals surface area contributed by atoms with Gasteiger partial charge in [-0.3, -0.25) is 9.59 Å². The summed E-state index contributed by atoms with van der Waals surface area (Å²) in [6.45, 7) is 1.68. The lowest BCUT2D eigenvalue weighted by Gasteiger charge is -2.36. The molecule has 1 aromatic carbocycles. The maximum Gasteiger partial charge on any atom is 0.308 e. The van der Waals surface area contributed by atoms with Gasteiger partial charge >= 0.3 is 5.97 Å². The first-order valence-electron chi connectivity index (χ1n) is 9.99. The van der Waals surface area contributed by atoms with Crippen LogP contribution in [0.25, 0.3) is 0 Å². The summed E-state index contributed by atoms with van der Waals surface area (Å²) >= 11 is 12.0. The predicted molar refractivity (Wildman–Crippen MR) is 115 cm³/mol. The summed E-state index contributed by atoms with van der Waals surface area (Å²) in [4.78, 5) is 26.3. The average Bonchev–Trinajstić information content (AvgIpc) is 2.75. The maximum atomic E-state index is 12.8. The SMILES string of the molecule is COC(=O)C1CCN(C(=O)C2CCN(S(=O)(=O)Cc3ccc(Cl)cc3Cl)CC2)CC1. The molecule has 0 saturated carbocycles. The number of benzene rings is 1. The zero-order valence-corrected chi connectivity index (χ0v) is 19.2. The molecule has 1 aromatic rings. The number of halogens is 2. The molecule has 2 saturated heterocycles. The topological polar surface area (TPSA) is 84.0 Å². The van der Waals surface area contributed by atoms with Gasteiger partial charge in [0.1, 0.15) is 0 Å². The monoisotopic (exact) mass is 476 g/mol. The normalized spacial score (nSPS) is 19.6. The first-order valence-corrected chi connectivity index (χ1v) is 12.4. The molecule has 0 radical (unpaired) electrons. The molecule has 30 heavy (non-hydrogen) atoms. The van der Waals surface area contributed by atoms with Crippen molar-refractivity contribution in [2.75, 3.05) is 33.3 Å². The summed E-state index contributed by atoms with van der Waals surface area (Å²) in [7, 11) is -2.16. The van der Waals surface area contributed by atoms with Crippen LogP contribution in [0, 0.1) is 11.8 Å². The van der Waals surface area contributed by atoms with Crippen molar-refractivity contribution < 1.29 is 22.7 Å². The number of carbonyl (C=O) groups is 2. The number of sulfonamides is 1. The summed E-state index contributed by atoms with van der Waals surface area (Å²) in [5.41, 5.74) is 0.507. The number of methoxy groups -OCH3 is 1. The number of amides is 1. The first kappa shape index (κ1) is 23.3. The summed E-state index contributed by atoms with van der Waals surface area (Å²) < 4.78 is 31.8. The molecule has 0 aliphatic carbocycles. The number of likely N-dealkylation sites (tertiary alicyclic amines) is 1. The number of hydrogen-bond acceptors (Lipinski definition) is 5. The van der Waals surface area contributed by atoms with E-state index in [1.165, 1.54) is 17.5 Å². The largest absolute Gasteiger partial charge is 0.469 e. The van der Waals surface area contributed by atoms with Crippen molar-refractivity contribution in [2.24, 2.45) is 11.8 Å². The van der Waals surface area contributed by atoms with Crippen LogP contribution in [0.3, 0.4) is 0 Å². The molecule has 0 spiro atoms. The van der Waals surface area contributed by atoms with Crippen LogP contribution in [-0.2, 0) is 30.1 Å². The van der Waals surface area contributed by atoms with Gasteiger partial charge in [0.25, 0.3) is 0 Å². The molecular weight excluding hydrogens is 451 g/mol. The molecule has 10 heteroatoms. The van der Waals surface area contributed by atoms with E-state index < -0.39 is 10.0 Å². The van der Waals surface area contributed by atoms with Crippen molar-refractivity contribution in [2.45, 2.75) is 31.4 Å². The molecule has 0 N–H and O–H groups in total. The lowest BCUT2D eigenvalue weighted by molar-refractivity contribution is -0.149. The minimum absolute atomic E-state index is 0.0520. The molecule has 2 aliphatic rings. The van der Waals surface area contributed by atoms with Crippen molar-refractivity contribution >= 4 is 45.1 Å². The fourth-order valence-corrected chi connectivity index (χ4v) is 6.22. The molecule has 1 amide bonds. The Labute approximate surface area is 187 Å². The van der Waals surface area contributed by atoms with E-state index in [0.717, 1.165) is 0 Å². The predicted octanol–water partition coefficient (Wildman–Crippen LogP) is 2.95. The summed E-state index contributed by atoms with van der Waals surface area (Å²) in [6, 6.07) is 4.77. The lowest BCUT2D eigenvalue weighted by atomic mass is 9.92. The highest BCUT2D eigenvalue weighted by Gasteiger charge is 2.35. The highest BCUT2D eigenvalue weighted by atomic mass is 35.5. The average molecular weight is 477 g/mol. The van der Waals surface area contributed by atoms with E-state index >= 15 is 0 Å². The van der Waals surface area contributed by atoms with Gasteiger partial charge in [0.15, 0.2) is 0 Å². The van der Waals surface area contributed by atoms with Crippen LogP contribution in [0.15, 0.2) is 18.2 Å². The fourth-order valence-electron chi connectivity index (χ4n) is 4.07. The third-order valence-electron chi connectivity index (χ3n) is 5.89. The van der Waals surface area contributed by atoms with Crippen LogP contribution >= 0.6 is 23.2 Å². The second-order valence-electron chi connectivity index (χ2n) is 7.79. The van der Waals surface area contributed by atoms with E-state index in [4.69, 9.17) is 27.9 Å². The second-order valence-corrected chi connectivity index (χ2v) is 10.6. The smallest absolute Gasteiger partial charge is 0.308 e. The van der Waals surface area contributed by atoms with Crippen LogP contribution in [0.2, 0.25) is 10.0 Å². The van der Waals surface area contributed by atoms with Gasteiger partial charge < -0.3 is 9.64 Å². The van der Waals surface area contributed by atoms with Crippen molar-refractivity contribution in [1.82, 2.24) is 9.21 Å². The third kappa shape index (κ3) is 5.46. The quantitative estimate of drug-likeness (QED) is 0.609. The second kappa shape index (κ2) is 9.85. The van der Waals surface area contributed by atoms with Crippen LogP contribution in [0.4, 0.5) is 0 Å². The molecule has 0 aromatic heterocycles. The van der Waals surface area contributed by atoms with Crippen molar-refractivity contribution in [3.05, 3.63) is 33.8 Å². The number of hydrogen-bond donors (Lipinski definition) is 0. The van der Waals surface area contributed by atoms with Crippen molar-refractivity contribution in [1.29, 1.82) is 0 Å². The number of esters is 1. The zero-order valence-electron chi connectivity index (χ0n) is 16.9. The molecule has 0 atom stereocenters. The van der Waals surface area contributed by atoms with Gasteiger partial charge in [0.05, 0.1) is 18.8 Å². The van der Waals surface area contributed by atoms with E-state index in [2.05, 4.69) is 0 Å². The fraction of sp³-hybridized carbons (Fsp3) is 0.600. The third-order valence-corrected chi connectivity index (χ3v) is 8.31. The van der Waals surface area contributed by atoms with Crippen molar-refractivity contribution in [3.8, 4) is 0 Å². The van der Waals surface area contributed by atoms with Crippen molar-refractivity contribution in [3.63, 3.8) is 0 Å². The summed E-state index contributed by atoms with van der Waals surface area (Å²) in [5.74, 6) is -0.698. The molecule has 2 aliphatic heterocycles. The van der Waals surface area contributed by atoms with E-state index in [1.54, 1.807) is 17.0 Å². The molecule has 2 fully saturated rings. The Morgan fingerprint density at radius 2 is 1.63 bits per heavy atom. The number of rotatable bonds is 5. The Morgan fingerprint density at radius 1 is 1.03 bits per heavy atom. The molecular formula is C20H26Cl2N2O5S. The van der Waals surface area contributed by atoms with Crippen LogP contribution in [0.5, 0.6) is 0 Å². The van der Waals surface area contributed by atoms with Gasteiger partial charge in [-0.2, -0.15) is 0 Å². The number of carbonyl (C=O) groups excluding carboxylic acids is 2. The van der Waals surface area contributed by atoms with E-state index in [0.29, 0.717) is 67.5 Å². The molecule has 0 unspecified atom stereocenters. The van der Waals surface area contributed by atoms with E-state index in [1.807, 2.05) is 0 Å². The van der Waals surface area contributed by atoms with Gasteiger partial charge in [-0.25, -0.2) is 12.7 Å². The Balaban J connectivity index is 1.52. The van der Waals surface area contributed by atoms with Gasteiger partial charge in [0.2, 0.25) is 15.9 Å². The molecule has 7 nitrogen and oxygen atoms in total. The minimum atomic E-state index is -3.54. The first-order chi connectivity index (χ1) is 14.2. The Kier molecular flexibility index (Phi) is 7.66. The van der Waals surface area contributed by atoms with E-state index in [-0.39, 0.29) is 29.5 Å². The highest BCUT2D eigenvalue weighted by Crippen LogP contribution is 2.28. The van der Waals surface area contributed by atoms with Gasteiger partial charge in [0, 0.05) is 42.1 Å². The lowest BCUT2D eigenvalue weighted by Crippen LogP contribution is -2.47. The maximum absolute atomic E-state index is 12.8. The van der Waals surface area contributed by atoms with Gasteiger partial charge in [-0.1, -0.05) is 29.3 Å². The number of nitrogens with zero attached hydrogens (tertiary/aromatic N) is 2. The number of piperidine rings is 2. The van der Waals surface area contributed by atoms with Gasteiger partial charge in [-0.15, -0.1) is 0 Å². The molecule has 0 bridgehead atoms. The van der Waals surface area contributed by atoms with Gasteiger partial charge in [-0.05, 0) is 43.4 Å². The Hall–Kier alpha value is -1.35. The standard InChI is InChI=1S/C20H26Cl2N2O5S/c1-29-20(26)15-4-8-23(9-5-15)19(25)14-6-10-24(11-7-14)30(27,28)13-16-2-3-17(21)12-18(16)22/h2-3,12,14-15H,4-11,13H2,1H3. The Bertz CT molecular complexity index is 892.